The number of benzene rings is 2. The molecule has 0 unspecified atom stereocenters. The van der Waals surface area contributed by atoms with Crippen LogP contribution in [0.4, 0.5) is 5.69 Å². The van der Waals surface area contributed by atoms with E-state index in [1.54, 1.807) is 19.2 Å². The van der Waals surface area contributed by atoms with Crippen LogP contribution in [0.25, 0.3) is 0 Å². The number of carbonyl (C=O) groups is 1. The average Bonchev–Trinajstić information content (AvgIpc) is 2.48. The standard InChI is InChI=1S/C16H18N2O2/c1-20-14-9-5-8-13(11-14)18-16(19)15(17)10-12-6-3-2-4-7-12/h2-9,11,15H,10,17H2,1H3,(H,18,19)/t15-/m0/s1. The lowest BCUT2D eigenvalue weighted by Crippen LogP contribution is -2.37. The number of hydrogen-bond donors (Lipinski definition) is 2. The lowest BCUT2D eigenvalue weighted by molar-refractivity contribution is -0.117. The van der Waals surface area contributed by atoms with Gasteiger partial charge in [0.05, 0.1) is 13.2 Å². The molecular weight excluding hydrogens is 252 g/mol. The van der Waals surface area contributed by atoms with Gasteiger partial charge in [-0.05, 0) is 24.1 Å². The van der Waals surface area contributed by atoms with Crippen LogP contribution in [-0.2, 0) is 11.2 Å². The third kappa shape index (κ3) is 3.83. The quantitative estimate of drug-likeness (QED) is 0.875. The van der Waals surface area contributed by atoms with Gasteiger partial charge in [-0.25, -0.2) is 0 Å². The second kappa shape index (κ2) is 6.73. The van der Waals surface area contributed by atoms with Crippen molar-refractivity contribution >= 4 is 11.6 Å². The van der Waals surface area contributed by atoms with Crippen molar-refractivity contribution in [1.29, 1.82) is 0 Å². The smallest absolute Gasteiger partial charge is 0.241 e. The molecule has 4 heteroatoms. The molecule has 3 N–H and O–H groups in total. The number of methoxy groups -OCH3 is 1. The minimum absolute atomic E-state index is 0.206. The molecule has 0 bridgehead atoms. The first-order valence-electron chi connectivity index (χ1n) is 6.43. The zero-order valence-corrected chi connectivity index (χ0v) is 11.4. The van der Waals surface area contributed by atoms with E-state index in [1.807, 2.05) is 42.5 Å². The van der Waals surface area contributed by atoms with Gasteiger partial charge in [0.15, 0.2) is 0 Å². The highest BCUT2D eigenvalue weighted by Crippen LogP contribution is 2.17. The molecule has 0 radical (unpaired) electrons. The van der Waals surface area contributed by atoms with Crippen molar-refractivity contribution in [2.45, 2.75) is 12.5 Å². The molecule has 0 aliphatic rings. The molecule has 104 valence electrons. The van der Waals surface area contributed by atoms with Crippen molar-refractivity contribution in [3.8, 4) is 5.75 Å². The Morgan fingerprint density at radius 2 is 1.95 bits per heavy atom. The monoisotopic (exact) mass is 270 g/mol. The zero-order valence-electron chi connectivity index (χ0n) is 11.4. The molecule has 4 nitrogen and oxygen atoms in total. The molecule has 20 heavy (non-hydrogen) atoms. The fraction of sp³-hybridized carbons (Fsp3) is 0.188. The Hall–Kier alpha value is -2.33. The SMILES string of the molecule is COc1cccc(NC(=O)[C@@H](N)Cc2ccccc2)c1. The first-order chi connectivity index (χ1) is 9.69. The van der Waals surface area contributed by atoms with E-state index in [1.165, 1.54) is 0 Å². The van der Waals surface area contributed by atoms with E-state index in [-0.39, 0.29) is 5.91 Å². The van der Waals surface area contributed by atoms with Crippen LogP contribution >= 0.6 is 0 Å². The van der Waals surface area contributed by atoms with Crippen molar-refractivity contribution in [2.75, 3.05) is 12.4 Å². The van der Waals surface area contributed by atoms with Crippen molar-refractivity contribution in [3.63, 3.8) is 0 Å². The fourth-order valence-electron chi connectivity index (χ4n) is 1.90. The molecular formula is C16H18N2O2. The number of nitrogens with one attached hydrogen (secondary N) is 1. The van der Waals surface area contributed by atoms with E-state index in [9.17, 15) is 4.79 Å². The first kappa shape index (κ1) is 14.1. The number of nitrogens with two attached hydrogens (primary N) is 1. The number of rotatable bonds is 5. The van der Waals surface area contributed by atoms with E-state index < -0.39 is 6.04 Å². The minimum atomic E-state index is -0.580. The average molecular weight is 270 g/mol. The molecule has 0 aliphatic carbocycles. The molecule has 0 spiro atoms. The summed E-state index contributed by atoms with van der Waals surface area (Å²) in [6.07, 6.45) is 0.511. The van der Waals surface area contributed by atoms with Gasteiger partial charge >= 0.3 is 0 Å². The number of carbonyl (C=O) groups excluding carboxylic acids is 1. The van der Waals surface area contributed by atoms with E-state index in [0.29, 0.717) is 17.9 Å². The third-order valence-electron chi connectivity index (χ3n) is 2.97. The molecule has 0 saturated heterocycles. The Bertz CT molecular complexity index is 570. The van der Waals surface area contributed by atoms with Crippen LogP contribution in [0.5, 0.6) is 5.75 Å². The first-order valence-corrected chi connectivity index (χ1v) is 6.43. The number of ether oxygens (including phenoxy) is 1. The largest absolute Gasteiger partial charge is 0.497 e. The molecule has 2 aromatic carbocycles. The van der Waals surface area contributed by atoms with Crippen molar-refractivity contribution < 1.29 is 9.53 Å². The summed E-state index contributed by atoms with van der Waals surface area (Å²) in [5.41, 5.74) is 7.65. The molecule has 0 heterocycles. The Labute approximate surface area is 118 Å². The summed E-state index contributed by atoms with van der Waals surface area (Å²) in [5, 5.41) is 2.79. The summed E-state index contributed by atoms with van der Waals surface area (Å²) >= 11 is 0. The molecule has 0 saturated carbocycles. The van der Waals surface area contributed by atoms with Gasteiger partial charge in [-0.3, -0.25) is 4.79 Å². The van der Waals surface area contributed by atoms with Gasteiger partial charge in [-0.2, -0.15) is 0 Å². The summed E-state index contributed by atoms with van der Waals surface area (Å²) in [6, 6.07) is 16.3. The summed E-state index contributed by atoms with van der Waals surface area (Å²) in [7, 11) is 1.59. The predicted octanol–water partition coefficient (Wildman–Crippen LogP) is 2.20. The normalized spacial score (nSPS) is 11.7. The van der Waals surface area contributed by atoms with E-state index in [2.05, 4.69) is 5.32 Å². The minimum Gasteiger partial charge on any atom is -0.497 e. The van der Waals surface area contributed by atoms with Gasteiger partial charge in [0.2, 0.25) is 5.91 Å². The van der Waals surface area contributed by atoms with Gasteiger partial charge in [0.1, 0.15) is 5.75 Å². The number of hydrogen-bond acceptors (Lipinski definition) is 3. The van der Waals surface area contributed by atoms with Crippen molar-refractivity contribution in [2.24, 2.45) is 5.73 Å². The molecule has 2 rings (SSSR count). The highest BCUT2D eigenvalue weighted by atomic mass is 16.5. The highest BCUT2D eigenvalue weighted by molar-refractivity contribution is 5.95. The maximum atomic E-state index is 12.0. The summed E-state index contributed by atoms with van der Waals surface area (Å²) in [6.45, 7) is 0. The molecule has 1 amide bonds. The predicted molar refractivity (Wildman–Crippen MR) is 79.7 cm³/mol. The fourth-order valence-corrected chi connectivity index (χ4v) is 1.90. The van der Waals surface area contributed by atoms with Gasteiger partial charge < -0.3 is 15.8 Å². The Balaban J connectivity index is 1.97. The Morgan fingerprint density at radius 1 is 1.20 bits per heavy atom. The van der Waals surface area contributed by atoms with Crippen LogP contribution in [0.3, 0.4) is 0 Å². The van der Waals surface area contributed by atoms with Crippen LogP contribution in [0.1, 0.15) is 5.56 Å². The van der Waals surface area contributed by atoms with Crippen LogP contribution in [-0.4, -0.2) is 19.1 Å². The van der Waals surface area contributed by atoms with E-state index in [0.717, 1.165) is 5.56 Å². The second-order valence-corrected chi connectivity index (χ2v) is 4.52. The molecule has 0 aliphatic heterocycles. The summed E-state index contributed by atoms with van der Waals surface area (Å²) in [5.74, 6) is 0.488. The topological polar surface area (TPSA) is 64.3 Å². The number of amides is 1. The Morgan fingerprint density at radius 3 is 2.65 bits per heavy atom. The molecule has 0 fully saturated rings. The summed E-state index contributed by atoms with van der Waals surface area (Å²) < 4.78 is 5.11. The summed E-state index contributed by atoms with van der Waals surface area (Å²) in [4.78, 5) is 12.0. The maximum absolute atomic E-state index is 12.0. The molecule has 0 aromatic heterocycles. The lowest BCUT2D eigenvalue weighted by atomic mass is 10.1. The van der Waals surface area contributed by atoms with Crippen LogP contribution in [0.2, 0.25) is 0 Å². The zero-order chi connectivity index (χ0) is 14.4. The maximum Gasteiger partial charge on any atom is 0.241 e. The van der Waals surface area contributed by atoms with Crippen LogP contribution in [0.15, 0.2) is 54.6 Å². The van der Waals surface area contributed by atoms with Crippen LogP contribution < -0.4 is 15.8 Å². The van der Waals surface area contributed by atoms with Gasteiger partial charge in [-0.15, -0.1) is 0 Å². The Kier molecular flexibility index (Phi) is 4.74. The van der Waals surface area contributed by atoms with E-state index >= 15 is 0 Å². The number of anilines is 1. The van der Waals surface area contributed by atoms with E-state index in [4.69, 9.17) is 10.5 Å². The highest BCUT2D eigenvalue weighted by Gasteiger charge is 2.14. The second-order valence-electron chi connectivity index (χ2n) is 4.52. The molecule has 1 atom stereocenters. The van der Waals surface area contributed by atoms with Gasteiger partial charge in [-0.1, -0.05) is 36.4 Å². The van der Waals surface area contributed by atoms with Gasteiger partial charge in [0, 0.05) is 11.8 Å². The molecule has 2 aromatic rings. The van der Waals surface area contributed by atoms with Gasteiger partial charge in [0.25, 0.3) is 0 Å². The van der Waals surface area contributed by atoms with Crippen LogP contribution in [0, 0.1) is 0 Å². The van der Waals surface area contributed by atoms with Crippen molar-refractivity contribution in [1.82, 2.24) is 0 Å². The third-order valence-corrected chi connectivity index (χ3v) is 2.97. The van der Waals surface area contributed by atoms with Crippen molar-refractivity contribution in [3.05, 3.63) is 60.2 Å². The lowest BCUT2D eigenvalue weighted by Gasteiger charge is -2.13.